The molecular weight excluding hydrogens is 292 g/mol. The molecule has 0 bridgehead atoms. The Labute approximate surface area is 138 Å². The maximum Gasteiger partial charge on any atom is 0.191 e. The largest absolute Gasteiger partial charge is 0.356 e. The zero-order valence-corrected chi connectivity index (χ0v) is 14.5. The second-order valence-electron chi connectivity index (χ2n) is 5.59. The van der Waals surface area contributed by atoms with Crippen LogP contribution in [0.3, 0.4) is 0 Å². The molecule has 22 heavy (non-hydrogen) atoms. The van der Waals surface area contributed by atoms with E-state index in [4.69, 9.17) is 0 Å². The number of aliphatic imine (C=N–C) groups is 1. The summed E-state index contributed by atoms with van der Waals surface area (Å²) in [6.07, 6.45) is 1.29. The first-order valence-corrected chi connectivity index (χ1v) is 9.15. The topological polar surface area (TPSA) is 39.7 Å². The molecule has 0 aromatic heterocycles. The second kappa shape index (κ2) is 9.74. The molecule has 0 amide bonds. The number of nitrogens with zero attached hydrogens (tertiary/aromatic N) is 2. The van der Waals surface area contributed by atoms with Crippen molar-refractivity contribution >= 4 is 17.7 Å². The van der Waals surface area contributed by atoms with Gasteiger partial charge in [-0.05, 0) is 37.6 Å². The Kier molecular flexibility index (Phi) is 7.60. The molecule has 5 heteroatoms. The van der Waals surface area contributed by atoms with Crippen LogP contribution in [0.25, 0.3) is 0 Å². The van der Waals surface area contributed by atoms with Crippen LogP contribution in [0.5, 0.6) is 0 Å². The van der Waals surface area contributed by atoms with Crippen molar-refractivity contribution in [2.75, 3.05) is 45.5 Å². The van der Waals surface area contributed by atoms with E-state index >= 15 is 0 Å². The molecule has 2 N–H and O–H groups in total. The molecule has 0 saturated carbocycles. The maximum atomic E-state index is 4.30. The third-order valence-corrected chi connectivity index (χ3v) is 5.02. The second-order valence-corrected chi connectivity index (χ2v) is 6.76. The molecule has 1 unspecified atom stereocenters. The fourth-order valence-corrected chi connectivity index (χ4v) is 3.47. The van der Waals surface area contributed by atoms with Gasteiger partial charge in [0.2, 0.25) is 0 Å². The lowest BCUT2D eigenvalue weighted by molar-refractivity contribution is 0.342. The minimum atomic E-state index is 0.747. The monoisotopic (exact) mass is 320 g/mol. The van der Waals surface area contributed by atoms with Crippen molar-refractivity contribution in [2.45, 2.75) is 18.2 Å². The molecule has 122 valence electrons. The van der Waals surface area contributed by atoms with Gasteiger partial charge in [0.05, 0.1) is 0 Å². The van der Waals surface area contributed by atoms with Gasteiger partial charge in [0.1, 0.15) is 0 Å². The van der Waals surface area contributed by atoms with Gasteiger partial charge in [-0.2, -0.15) is 0 Å². The zero-order chi connectivity index (χ0) is 15.6. The van der Waals surface area contributed by atoms with E-state index in [1.165, 1.54) is 31.0 Å². The summed E-state index contributed by atoms with van der Waals surface area (Å²) in [4.78, 5) is 8.13. The third kappa shape index (κ3) is 5.89. The highest BCUT2D eigenvalue weighted by Gasteiger charge is 2.20. The molecule has 1 aromatic rings. The fraction of sp³-hybridized carbons (Fsp3) is 0.588. The Bertz CT molecular complexity index is 449. The van der Waals surface area contributed by atoms with E-state index < -0.39 is 0 Å². The van der Waals surface area contributed by atoms with Crippen molar-refractivity contribution in [2.24, 2.45) is 10.9 Å². The van der Waals surface area contributed by atoms with E-state index in [2.05, 4.69) is 57.8 Å². The Morgan fingerprint density at radius 3 is 2.82 bits per heavy atom. The summed E-state index contributed by atoms with van der Waals surface area (Å²) < 4.78 is 0. The number of hydrogen-bond donors (Lipinski definition) is 2. The maximum absolute atomic E-state index is 4.30. The van der Waals surface area contributed by atoms with Gasteiger partial charge in [-0.25, -0.2) is 0 Å². The highest BCUT2D eigenvalue weighted by Crippen LogP contribution is 2.16. The number of hydrogen-bond acceptors (Lipinski definition) is 3. The quantitative estimate of drug-likeness (QED) is 0.350. The van der Waals surface area contributed by atoms with Gasteiger partial charge < -0.3 is 15.5 Å². The van der Waals surface area contributed by atoms with Crippen LogP contribution < -0.4 is 10.6 Å². The molecule has 4 nitrogen and oxygen atoms in total. The Morgan fingerprint density at radius 1 is 1.32 bits per heavy atom. The summed E-state index contributed by atoms with van der Waals surface area (Å²) in [5.41, 5.74) is 0. The number of thioether (sulfide) groups is 1. The molecule has 1 atom stereocenters. The molecule has 1 aromatic carbocycles. The van der Waals surface area contributed by atoms with Gasteiger partial charge in [-0.15, -0.1) is 11.8 Å². The van der Waals surface area contributed by atoms with E-state index in [1.54, 1.807) is 0 Å². The molecule has 0 radical (unpaired) electrons. The first-order chi connectivity index (χ1) is 10.8. The minimum absolute atomic E-state index is 0.747. The first-order valence-electron chi connectivity index (χ1n) is 8.16. The summed E-state index contributed by atoms with van der Waals surface area (Å²) >= 11 is 1.87. The highest BCUT2D eigenvalue weighted by molar-refractivity contribution is 7.99. The van der Waals surface area contributed by atoms with Gasteiger partial charge in [0.25, 0.3) is 0 Å². The van der Waals surface area contributed by atoms with Crippen molar-refractivity contribution in [1.29, 1.82) is 0 Å². The molecule has 1 fully saturated rings. The minimum Gasteiger partial charge on any atom is -0.356 e. The van der Waals surface area contributed by atoms with Crippen LogP contribution >= 0.6 is 11.8 Å². The molecule has 2 rings (SSSR count). The van der Waals surface area contributed by atoms with E-state index in [-0.39, 0.29) is 0 Å². The fourth-order valence-electron chi connectivity index (χ4n) is 2.68. The van der Waals surface area contributed by atoms with Crippen molar-refractivity contribution < 1.29 is 0 Å². The third-order valence-electron chi connectivity index (χ3n) is 4.01. The summed E-state index contributed by atoms with van der Waals surface area (Å²) in [6.45, 7) is 7.79. The van der Waals surface area contributed by atoms with Crippen molar-refractivity contribution in [3.05, 3.63) is 30.3 Å². The Hall–Kier alpha value is -1.20. The summed E-state index contributed by atoms with van der Waals surface area (Å²) in [6, 6.07) is 10.5. The van der Waals surface area contributed by atoms with Crippen LogP contribution in [0.1, 0.15) is 13.3 Å². The normalized spacial score (nSPS) is 19.4. The van der Waals surface area contributed by atoms with Crippen molar-refractivity contribution in [1.82, 2.24) is 15.5 Å². The van der Waals surface area contributed by atoms with Gasteiger partial charge in [-0.1, -0.05) is 25.1 Å². The average Bonchev–Trinajstić information content (AvgIpc) is 3.03. The van der Waals surface area contributed by atoms with Crippen molar-refractivity contribution in [3.63, 3.8) is 0 Å². The van der Waals surface area contributed by atoms with Crippen molar-refractivity contribution in [3.8, 4) is 0 Å². The zero-order valence-electron chi connectivity index (χ0n) is 13.7. The standard InChI is InChI=1S/C17H28N4S/c1-3-21-11-9-15(14-21)13-20-17(18-2)19-10-12-22-16-7-5-4-6-8-16/h4-8,15H,3,9-14H2,1-2H3,(H2,18,19,20). The number of nitrogens with one attached hydrogen (secondary N) is 2. The SMILES string of the molecule is CCN1CCC(CNC(=NC)NCCSc2ccccc2)C1. The van der Waals surface area contributed by atoms with Gasteiger partial charge in [-0.3, -0.25) is 4.99 Å². The van der Waals surface area contributed by atoms with Crippen LogP contribution in [0.4, 0.5) is 0 Å². The molecule has 1 saturated heterocycles. The molecule has 1 aliphatic heterocycles. The Morgan fingerprint density at radius 2 is 2.14 bits per heavy atom. The average molecular weight is 321 g/mol. The number of rotatable bonds is 7. The van der Waals surface area contributed by atoms with Gasteiger partial charge in [0.15, 0.2) is 5.96 Å². The number of benzene rings is 1. The van der Waals surface area contributed by atoms with Crippen LogP contribution in [-0.2, 0) is 0 Å². The predicted octanol–water partition coefficient (Wildman–Crippen LogP) is 2.29. The van der Waals surface area contributed by atoms with Crippen LogP contribution in [-0.4, -0.2) is 56.4 Å². The summed E-state index contributed by atoms with van der Waals surface area (Å²) in [7, 11) is 1.84. The smallest absolute Gasteiger partial charge is 0.191 e. The van der Waals surface area contributed by atoms with Crippen LogP contribution in [0.15, 0.2) is 40.2 Å². The summed E-state index contributed by atoms with van der Waals surface area (Å²) in [5, 5.41) is 6.85. The van der Waals surface area contributed by atoms with Crippen LogP contribution in [0, 0.1) is 5.92 Å². The molecule has 0 aliphatic carbocycles. The van der Waals surface area contributed by atoms with Crippen LogP contribution in [0.2, 0.25) is 0 Å². The van der Waals surface area contributed by atoms with E-state index in [0.717, 1.165) is 30.7 Å². The van der Waals surface area contributed by atoms with E-state index in [9.17, 15) is 0 Å². The van der Waals surface area contributed by atoms with E-state index in [1.807, 2.05) is 18.8 Å². The summed E-state index contributed by atoms with van der Waals surface area (Å²) in [5.74, 6) is 2.71. The molecule has 1 aliphatic rings. The number of likely N-dealkylation sites (tertiary alicyclic amines) is 1. The Balaban J connectivity index is 1.59. The lowest BCUT2D eigenvalue weighted by Gasteiger charge is -2.16. The lowest BCUT2D eigenvalue weighted by Crippen LogP contribution is -2.41. The van der Waals surface area contributed by atoms with E-state index in [0.29, 0.717) is 0 Å². The molecule has 1 heterocycles. The molecule has 0 spiro atoms. The molecular formula is C17H28N4S. The first kappa shape index (κ1) is 17.2. The highest BCUT2D eigenvalue weighted by atomic mass is 32.2. The number of guanidine groups is 1. The van der Waals surface area contributed by atoms with Gasteiger partial charge >= 0.3 is 0 Å². The predicted molar refractivity (Wildman–Crippen MR) is 96.8 cm³/mol. The lowest BCUT2D eigenvalue weighted by atomic mass is 10.1. The van der Waals surface area contributed by atoms with Gasteiger partial charge in [0, 0.05) is 37.3 Å².